The fourth-order valence-electron chi connectivity index (χ4n) is 2.50. The molecule has 0 rings (SSSR count). The van der Waals surface area contributed by atoms with Gasteiger partial charge in [-0.15, -0.1) is 0 Å². The Morgan fingerprint density at radius 2 is 1.27 bits per heavy atom. The van der Waals surface area contributed by atoms with E-state index in [4.69, 9.17) is 15.3 Å². The summed E-state index contributed by atoms with van der Waals surface area (Å²) in [6.07, 6.45) is 8.45. The molecule has 0 aliphatic rings. The number of aliphatic carboxylic acids is 3. The van der Waals surface area contributed by atoms with Crippen LogP contribution in [0.3, 0.4) is 0 Å². The molecule has 0 unspecified atom stereocenters. The van der Waals surface area contributed by atoms with Crippen molar-refractivity contribution in [3.8, 4) is 0 Å². The third-order valence-corrected chi connectivity index (χ3v) is 3.40. The number of hydrogen-bond donors (Lipinski definition) is 3. The molecule has 0 aliphatic heterocycles. The van der Waals surface area contributed by atoms with E-state index in [-0.39, 0.29) is 6.54 Å². The molecule has 0 heterocycles. The van der Waals surface area contributed by atoms with Crippen LogP contribution in [0.4, 0.5) is 0 Å². The van der Waals surface area contributed by atoms with Gasteiger partial charge in [0.05, 0.1) is 6.54 Å². The van der Waals surface area contributed by atoms with Crippen molar-refractivity contribution in [1.29, 1.82) is 0 Å². The second-order valence-corrected chi connectivity index (χ2v) is 5.49. The van der Waals surface area contributed by atoms with E-state index in [1.54, 1.807) is 0 Å². The van der Waals surface area contributed by atoms with Crippen molar-refractivity contribution in [2.45, 2.75) is 39.0 Å². The Bertz CT molecular complexity index is 364. The highest BCUT2D eigenvalue weighted by Gasteiger charge is 2.35. The first-order valence-electron chi connectivity index (χ1n) is 7.43. The third kappa shape index (κ3) is 9.93. The Morgan fingerprint density at radius 3 is 1.68 bits per heavy atom. The molecule has 0 aliphatic carbocycles. The monoisotopic (exact) mass is 316 g/mol. The van der Waals surface area contributed by atoms with Crippen LogP contribution in [-0.4, -0.2) is 63.9 Å². The van der Waals surface area contributed by atoms with Crippen LogP contribution in [0.25, 0.3) is 0 Å². The molecule has 0 saturated carbocycles. The van der Waals surface area contributed by atoms with Gasteiger partial charge in [0.25, 0.3) is 0 Å². The smallest absolute Gasteiger partial charge is 0.359 e. The summed E-state index contributed by atoms with van der Waals surface area (Å²) in [6, 6.07) is 0. The van der Waals surface area contributed by atoms with E-state index in [1.807, 2.05) is 13.0 Å². The fraction of sp³-hybridized carbons (Fsp3) is 0.667. The SMILES string of the molecule is C/C=C/CCCCCC[N+](CC(=O)O)(CC(=O)O)CC(=O)O. The van der Waals surface area contributed by atoms with Gasteiger partial charge in [-0.05, 0) is 32.6 Å². The quantitative estimate of drug-likeness (QED) is 0.270. The Morgan fingerprint density at radius 1 is 0.818 bits per heavy atom. The number of allylic oxidation sites excluding steroid dienone is 2. The summed E-state index contributed by atoms with van der Waals surface area (Å²) < 4.78 is -0.450. The van der Waals surface area contributed by atoms with E-state index in [9.17, 15) is 14.4 Å². The number of carboxylic acids is 3. The van der Waals surface area contributed by atoms with Crippen LogP contribution in [0.2, 0.25) is 0 Å². The predicted octanol–water partition coefficient (Wildman–Crippen LogP) is 1.58. The second-order valence-electron chi connectivity index (χ2n) is 5.49. The first-order valence-corrected chi connectivity index (χ1v) is 7.43. The molecule has 0 amide bonds. The molecule has 0 atom stereocenters. The largest absolute Gasteiger partial charge is 0.477 e. The predicted molar refractivity (Wildman–Crippen MR) is 80.5 cm³/mol. The van der Waals surface area contributed by atoms with E-state index in [2.05, 4.69) is 6.08 Å². The Hall–Kier alpha value is -1.89. The molecular weight excluding hydrogens is 290 g/mol. The van der Waals surface area contributed by atoms with Gasteiger partial charge in [0.15, 0.2) is 19.6 Å². The maximum Gasteiger partial charge on any atom is 0.359 e. The summed E-state index contributed by atoms with van der Waals surface area (Å²) >= 11 is 0. The number of quaternary nitrogens is 1. The highest BCUT2D eigenvalue weighted by atomic mass is 16.4. The van der Waals surface area contributed by atoms with Gasteiger partial charge < -0.3 is 15.3 Å². The molecule has 0 bridgehead atoms. The van der Waals surface area contributed by atoms with Crippen molar-refractivity contribution >= 4 is 17.9 Å². The van der Waals surface area contributed by atoms with E-state index < -0.39 is 42.0 Å². The van der Waals surface area contributed by atoms with Crippen molar-refractivity contribution in [1.82, 2.24) is 0 Å². The van der Waals surface area contributed by atoms with Crippen molar-refractivity contribution in [2.24, 2.45) is 0 Å². The second kappa shape index (κ2) is 10.8. The van der Waals surface area contributed by atoms with Crippen molar-refractivity contribution < 1.29 is 34.2 Å². The minimum atomic E-state index is -1.18. The maximum absolute atomic E-state index is 11.0. The number of nitrogens with zero attached hydrogens (tertiary/aromatic N) is 1. The van der Waals surface area contributed by atoms with Crippen LogP contribution in [0.5, 0.6) is 0 Å². The molecule has 0 spiro atoms. The number of carboxylic acid groups (broad SMARTS) is 3. The molecule has 0 radical (unpaired) electrons. The van der Waals surface area contributed by atoms with Gasteiger partial charge in [-0.3, -0.25) is 4.48 Å². The summed E-state index contributed by atoms with van der Waals surface area (Å²) in [7, 11) is 0. The average Bonchev–Trinajstić information content (AvgIpc) is 2.35. The summed E-state index contributed by atoms with van der Waals surface area (Å²) in [6.45, 7) is 0.732. The normalized spacial score (nSPS) is 11.7. The van der Waals surface area contributed by atoms with Crippen LogP contribution >= 0.6 is 0 Å². The van der Waals surface area contributed by atoms with Crippen LogP contribution < -0.4 is 0 Å². The van der Waals surface area contributed by atoms with Gasteiger partial charge in [-0.25, -0.2) is 14.4 Å². The Kier molecular flexibility index (Phi) is 9.86. The van der Waals surface area contributed by atoms with E-state index >= 15 is 0 Å². The third-order valence-electron chi connectivity index (χ3n) is 3.40. The van der Waals surface area contributed by atoms with Gasteiger partial charge >= 0.3 is 17.9 Å². The van der Waals surface area contributed by atoms with Crippen LogP contribution in [0.15, 0.2) is 12.2 Å². The first-order chi connectivity index (χ1) is 10.3. The zero-order valence-corrected chi connectivity index (χ0v) is 13.0. The van der Waals surface area contributed by atoms with Crippen molar-refractivity contribution in [3.63, 3.8) is 0 Å². The molecule has 0 aromatic carbocycles. The topological polar surface area (TPSA) is 112 Å². The number of carbonyl (C=O) groups is 3. The van der Waals surface area contributed by atoms with E-state index in [0.717, 1.165) is 25.7 Å². The number of hydrogen-bond acceptors (Lipinski definition) is 3. The molecule has 0 fully saturated rings. The molecular formula is C15H26NO6+. The highest BCUT2D eigenvalue weighted by molar-refractivity contribution is 5.73. The van der Waals surface area contributed by atoms with Crippen LogP contribution in [0, 0.1) is 0 Å². The zero-order chi connectivity index (χ0) is 17.0. The molecule has 3 N–H and O–H groups in total. The molecule has 7 nitrogen and oxygen atoms in total. The lowest BCUT2D eigenvalue weighted by molar-refractivity contribution is -0.907. The van der Waals surface area contributed by atoms with E-state index in [0.29, 0.717) is 6.42 Å². The average molecular weight is 316 g/mol. The lowest BCUT2D eigenvalue weighted by Crippen LogP contribution is -2.57. The van der Waals surface area contributed by atoms with E-state index in [1.165, 1.54) is 0 Å². The fourth-order valence-corrected chi connectivity index (χ4v) is 2.50. The molecule has 0 aromatic heterocycles. The summed E-state index contributed by atoms with van der Waals surface area (Å²) in [5, 5.41) is 26.9. The highest BCUT2D eigenvalue weighted by Crippen LogP contribution is 2.12. The number of rotatable bonds is 13. The van der Waals surface area contributed by atoms with Crippen LogP contribution in [0.1, 0.15) is 39.0 Å². The Labute approximate surface area is 130 Å². The van der Waals surface area contributed by atoms with Gasteiger partial charge in [-0.2, -0.15) is 0 Å². The summed E-state index contributed by atoms with van der Waals surface area (Å²) in [4.78, 5) is 32.9. The molecule has 126 valence electrons. The van der Waals surface area contributed by atoms with Gasteiger partial charge in [0, 0.05) is 0 Å². The number of unbranched alkanes of at least 4 members (excludes halogenated alkanes) is 4. The molecule has 7 heteroatoms. The van der Waals surface area contributed by atoms with Crippen molar-refractivity contribution in [2.75, 3.05) is 26.2 Å². The standard InChI is InChI=1S/C15H25NO6/c1-2-3-4-5-6-7-8-9-16(10-13(17)18,11-14(19)20)12-15(21)22/h2-3H,4-12H2,1H3,(H2-,17,18,19,20,21,22)/p+1/b3-2+. The van der Waals surface area contributed by atoms with Crippen molar-refractivity contribution in [3.05, 3.63) is 12.2 Å². The minimum absolute atomic E-state index is 0.245. The summed E-state index contributed by atoms with van der Waals surface area (Å²) in [5.74, 6) is -3.55. The molecule has 0 aromatic rings. The summed E-state index contributed by atoms with van der Waals surface area (Å²) in [5.41, 5.74) is 0. The molecule has 22 heavy (non-hydrogen) atoms. The minimum Gasteiger partial charge on any atom is -0.477 e. The lowest BCUT2D eigenvalue weighted by atomic mass is 10.1. The van der Waals surface area contributed by atoms with Gasteiger partial charge in [0.2, 0.25) is 0 Å². The van der Waals surface area contributed by atoms with Gasteiger partial charge in [0.1, 0.15) is 0 Å². The Balaban J connectivity index is 4.57. The lowest BCUT2D eigenvalue weighted by Gasteiger charge is -2.34. The van der Waals surface area contributed by atoms with Crippen LogP contribution in [-0.2, 0) is 14.4 Å². The van der Waals surface area contributed by atoms with Gasteiger partial charge in [-0.1, -0.05) is 18.6 Å². The molecule has 0 saturated heterocycles. The zero-order valence-electron chi connectivity index (χ0n) is 13.0. The first kappa shape index (κ1) is 20.1. The maximum atomic E-state index is 11.0.